The Morgan fingerprint density at radius 3 is 1.80 bits per heavy atom. The van der Waals surface area contributed by atoms with Crippen LogP contribution in [0.15, 0.2) is 62.1 Å². The molecule has 3 N–H and O–H groups in total. The minimum atomic E-state index is 0.0733. The molecule has 0 saturated carbocycles. The fourth-order valence-corrected chi connectivity index (χ4v) is 9.18. The summed E-state index contributed by atoms with van der Waals surface area (Å²) >= 11 is 0. The zero-order valence-electron chi connectivity index (χ0n) is 40.2. The highest BCUT2D eigenvalue weighted by Crippen LogP contribution is 2.32. The maximum absolute atomic E-state index is 5.04. The smallest absolute Gasteiger partial charge is 0.229 e. The van der Waals surface area contributed by atoms with Gasteiger partial charge in [-0.1, -0.05) is 32.9 Å². The Kier molecular flexibility index (Phi) is 16.3. The van der Waals surface area contributed by atoms with Crippen molar-refractivity contribution >= 4 is 28.6 Å². The van der Waals surface area contributed by atoms with E-state index in [1.165, 1.54) is 87.9 Å². The monoisotopic (exact) mass is 873 g/mol. The third-order valence-electron chi connectivity index (χ3n) is 13.5. The van der Waals surface area contributed by atoms with Crippen molar-refractivity contribution in [2.24, 2.45) is 24.8 Å². The lowest BCUT2D eigenvalue weighted by Crippen LogP contribution is -2.35. The standard InChI is InChI=1S/C28H38N8.2C11H19N3/c1-19-7-8-22(28(3,4)5)15-23(19)31-26-24-25(30-17-34(24)6)32-27(33-26)36-13-10-21(11-14-36)9-12-35-16-20(2)29-18-35;1-10-8-14(9-13-10)7-4-11-2-5-12-6-3-11;1-10-8-13-9-14(10)7-4-11-2-5-12-6-3-11/h7-8,15-18,21H,9-14H2,1-6H3,(H,31,32,33);2*8-9,11-12H,2-7H2,1H3. The number of nitrogens with zero attached hydrogens (tertiary/aromatic N) is 11. The Bertz CT molecular complexity index is 2320. The van der Waals surface area contributed by atoms with E-state index in [1.807, 2.05) is 57.0 Å². The minimum Gasteiger partial charge on any atom is -0.341 e. The van der Waals surface area contributed by atoms with Gasteiger partial charge in [-0.2, -0.15) is 9.97 Å². The molecule has 14 nitrogen and oxygen atoms in total. The molecule has 3 aliphatic heterocycles. The fraction of sp³-hybridized carbons (Fsp3) is 0.600. The molecule has 8 heterocycles. The summed E-state index contributed by atoms with van der Waals surface area (Å²) in [4.78, 5) is 29.5. The van der Waals surface area contributed by atoms with Crippen molar-refractivity contribution in [3.63, 3.8) is 0 Å². The lowest BCUT2D eigenvalue weighted by molar-refractivity contribution is 0.337. The van der Waals surface area contributed by atoms with Crippen LogP contribution in [0.4, 0.5) is 17.5 Å². The van der Waals surface area contributed by atoms with Gasteiger partial charge in [-0.25, -0.2) is 19.9 Å². The average molecular weight is 873 g/mol. The fourth-order valence-electron chi connectivity index (χ4n) is 9.18. The second-order valence-corrected chi connectivity index (χ2v) is 19.7. The largest absolute Gasteiger partial charge is 0.341 e. The van der Waals surface area contributed by atoms with Gasteiger partial charge in [0.15, 0.2) is 11.5 Å². The molecule has 0 unspecified atom stereocenters. The lowest BCUT2D eigenvalue weighted by Gasteiger charge is -2.32. The van der Waals surface area contributed by atoms with Crippen molar-refractivity contribution in [2.45, 2.75) is 131 Å². The van der Waals surface area contributed by atoms with E-state index in [0.29, 0.717) is 5.92 Å². The molecule has 3 fully saturated rings. The number of anilines is 3. The van der Waals surface area contributed by atoms with E-state index >= 15 is 0 Å². The molecular weight excluding hydrogens is 797 g/mol. The number of nitrogens with one attached hydrogen (secondary N) is 3. The first-order valence-corrected chi connectivity index (χ1v) is 24.0. The second-order valence-electron chi connectivity index (χ2n) is 19.7. The van der Waals surface area contributed by atoms with E-state index in [2.05, 4.69) is 120 Å². The van der Waals surface area contributed by atoms with Gasteiger partial charge in [-0.05, 0) is 152 Å². The van der Waals surface area contributed by atoms with E-state index in [4.69, 9.17) is 9.97 Å². The Labute approximate surface area is 382 Å². The van der Waals surface area contributed by atoms with Crippen LogP contribution in [-0.2, 0) is 32.1 Å². The summed E-state index contributed by atoms with van der Waals surface area (Å²) in [6.45, 7) is 25.1. The number of benzene rings is 1. The Morgan fingerprint density at radius 1 is 0.688 bits per heavy atom. The van der Waals surface area contributed by atoms with Crippen LogP contribution in [0.1, 0.15) is 107 Å². The Balaban J connectivity index is 0.000000177. The molecule has 0 amide bonds. The summed E-state index contributed by atoms with van der Waals surface area (Å²) in [5, 5.41) is 10.4. The van der Waals surface area contributed by atoms with Crippen molar-refractivity contribution in [1.82, 2.24) is 58.8 Å². The van der Waals surface area contributed by atoms with Crippen molar-refractivity contribution in [2.75, 3.05) is 49.5 Å². The summed E-state index contributed by atoms with van der Waals surface area (Å²) in [5.74, 6) is 4.11. The van der Waals surface area contributed by atoms with Crippen molar-refractivity contribution in [3.8, 4) is 0 Å². The molecule has 1 aromatic carbocycles. The van der Waals surface area contributed by atoms with Gasteiger partial charge < -0.3 is 39.1 Å². The molecule has 64 heavy (non-hydrogen) atoms. The third-order valence-corrected chi connectivity index (χ3v) is 13.5. The summed E-state index contributed by atoms with van der Waals surface area (Å²) in [6.07, 6.45) is 25.3. The molecule has 14 heteroatoms. The summed E-state index contributed by atoms with van der Waals surface area (Å²) in [6, 6.07) is 6.64. The topological polar surface area (TPSA) is 136 Å². The normalized spacial score (nSPS) is 16.7. The molecule has 0 spiro atoms. The van der Waals surface area contributed by atoms with Gasteiger partial charge in [-0.3, -0.25) is 0 Å². The Morgan fingerprint density at radius 2 is 1.27 bits per heavy atom. The molecule has 5 aromatic heterocycles. The van der Waals surface area contributed by atoms with E-state index in [1.54, 1.807) is 0 Å². The first kappa shape index (κ1) is 46.9. The van der Waals surface area contributed by atoms with Crippen molar-refractivity contribution in [1.29, 1.82) is 0 Å². The first-order chi connectivity index (χ1) is 30.9. The van der Waals surface area contributed by atoms with Crippen LogP contribution in [0.2, 0.25) is 0 Å². The van der Waals surface area contributed by atoms with Gasteiger partial charge in [0, 0.05) is 69.7 Å². The number of hydrogen-bond acceptors (Lipinski definition) is 10. The number of hydrogen-bond donors (Lipinski definition) is 3. The van der Waals surface area contributed by atoms with Gasteiger partial charge in [0.2, 0.25) is 5.95 Å². The highest BCUT2D eigenvalue weighted by Gasteiger charge is 2.24. The molecule has 0 bridgehead atoms. The maximum Gasteiger partial charge on any atom is 0.229 e. The van der Waals surface area contributed by atoms with E-state index in [-0.39, 0.29) is 5.41 Å². The van der Waals surface area contributed by atoms with Crippen molar-refractivity contribution in [3.05, 3.63) is 90.3 Å². The summed E-state index contributed by atoms with van der Waals surface area (Å²) < 4.78 is 8.66. The van der Waals surface area contributed by atoms with Crippen LogP contribution < -0.4 is 20.9 Å². The molecule has 0 atom stereocenters. The van der Waals surface area contributed by atoms with Crippen LogP contribution >= 0.6 is 0 Å². The number of imidazole rings is 4. The van der Waals surface area contributed by atoms with Crippen molar-refractivity contribution < 1.29 is 0 Å². The third kappa shape index (κ3) is 13.2. The number of rotatable bonds is 12. The molecule has 3 aliphatic rings. The van der Waals surface area contributed by atoms with Gasteiger partial charge in [0.05, 0.1) is 36.7 Å². The van der Waals surface area contributed by atoms with E-state index in [0.717, 1.165) is 97.4 Å². The predicted molar refractivity (Wildman–Crippen MR) is 260 cm³/mol. The average Bonchev–Trinajstić information content (AvgIpc) is 4.11. The zero-order chi connectivity index (χ0) is 45.1. The highest BCUT2D eigenvalue weighted by atomic mass is 15.3. The number of aromatic nitrogens is 10. The molecule has 0 radical (unpaired) electrons. The van der Waals surface area contributed by atoms with Gasteiger partial charge in [0.1, 0.15) is 5.52 Å². The summed E-state index contributed by atoms with van der Waals surface area (Å²) in [7, 11) is 2.00. The van der Waals surface area contributed by atoms with Gasteiger partial charge in [0.25, 0.3) is 0 Å². The molecule has 0 aliphatic carbocycles. The molecular formula is C50H76N14. The van der Waals surface area contributed by atoms with Gasteiger partial charge >= 0.3 is 0 Å². The number of aryl methyl sites for hydroxylation is 8. The number of fused-ring (bicyclic) bond motifs is 1. The second kappa shape index (κ2) is 22.2. The zero-order valence-corrected chi connectivity index (χ0v) is 40.2. The molecule has 9 rings (SSSR count). The first-order valence-electron chi connectivity index (χ1n) is 24.0. The van der Waals surface area contributed by atoms with Crippen LogP contribution in [0.3, 0.4) is 0 Å². The lowest BCUT2D eigenvalue weighted by atomic mass is 9.86. The van der Waals surface area contributed by atoms with Gasteiger partial charge in [-0.15, -0.1) is 0 Å². The SMILES string of the molecule is Cc1cn(CCC2CCN(c3nc(Nc4cc(C(C)(C)C)ccc4C)c4c(ncn4C)n3)CC2)cn1.Cc1cn(CCC2CCNCC2)cn1.Cc1cncn1CCC1CCNCC1. The van der Waals surface area contributed by atoms with E-state index in [9.17, 15) is 0 Å². The molecule has 6 aromatic rings. The number of piperidine rings is 3. The van der Waals surface area contributed by atoms with Crippen LogP contribution in [0.5, 0.6) is 0 Å². The Hall–Kier alpha value is -5.08. The van der Waals surface area contributed by atoms with Crippen LogP contribution in [-0.4, -0.2) is 87.4 Å². The molecule has 346 valence electrons. The quantitative estimate of drug-likeness (QED) is 0.110. The van der Waals surface area contributed by atoms with E-state index < -0.39 is 0 Å². The predicted octanol–water partition coefficient (Wildman–Crippen LogP) is 8.69. The van der Waals surface area contributed by atoms with Crippen LogP contribution in [0.25, 0.3) is 11.2 Å². The summed E-state index contributed by atoms with van der Waals surface area (Å²) in [5.41, 5.74) is 8.75. The minimum absolute atomic E-state index is 0.0733. The maximum atomic E-state index is 5.04. The molecule has 3 saturated heterocycles. The van der Waals surface area contributed by atoms with Crippen LogP contribution in [0, 0.1) is 45.4 Å². The highest BCUT2D eigenvalue weighted by molar-refractivity contribution is 5.87.